The number of H-pyrrole nitrogens is 1. The van der Waals surface area contributed by atoms with Gasteiger partial charge in [0, 0.05) is 5.92 Å². The second kappa shape index (κ2) is 9.10. The summed E-state index contributed by atoms with van der Waals surface area (Å²) >= 11 is 0. The third-order valence-electron chi connectivity index (χ3n) is 5.66. The topological polar surface area (TPSA) is 146 Å². The summed E-state index contributed by atoms with van der Waals surface area (Å²) in [4.78, 5) is 40.1. The van der Waals surface area contributed by atoms with Crippen molar-refractivity contribution in [2.75, 3.05) is 17.2 Å². The number of aromatic nitrogens is 3. The van der Waals surface area contributed by atoms with Gasteiger partial charge in [-0.25, -0.2) is 9.59 Å². The number of benzene rings is 3. The Morgan fingerprint density at radius 3 is 2.20 bits per heavy atom. The number of carboxylic acids is 1. The maximum Gasteiger partial charge on any atom is 0.414 e. The van der Waals surface area contributed by atoms with Crippen LogP contribution >= 0.6 is 0 Å². The number of rotatable bonds is 6. The van der Waals surface area contributed by atoms with Crippen LogP contribution in [0.25, 0.3) is 11.1 Å². The first-order valence-corrected chi connectivity index (χ1v) is 10.7. The van der Waals surface area contributed by atoms with Gasteiger partial charge >= 0.3 is 12.1 Å². The number of fused-ring (bicyclic) bond motifs is 3. The molecule has 0 bridgehead atoms. The van der Waals surface area contributed by atoms with Gasteiger partial charge in [-0.2, -0.15) is 4.98 Å². The van der Waals surface area contributed by atoms with Gasteiger partial charge in [0.05, 0.1) is 11.3 Å². The van der Waals surface area contributed by atoms with Gasteiger partial charge in [0.15, 0.2) is 0 Å². The number of nitrogens with zero attached hydrogens (tertiary/aromatic N) is 2. The Morgan fingerprint density at radius 2 is 1.51 bits per heavy atom. The van der Waals surface area contributed by atoms with E-state index in [4.69, 9.17) is 4.74 Å². The number of carbonyl (C=O) groups is 3. The normalized spacial score (nSPS) is 11.9. The predicted molar refractivity (Wildman–Crippen MR) is 126 cm³/mol. The molecular weight excluding hydrogens is 450 g/mol. The van der Waals surface area contributed by atoms with E-state index in [-0.39, 0.29) is 35.5 Å². The fourth-order valence-electron chi connectivity index (χ4n) is 4.11. The maximum atomic E-state index is 12.4. The molecule has 0 saturated carbocycles. The highest BCUT2D eigenvalue weighted by Crippen LogP contribution is 2.44. The Hall–Kier alpha value is -4.99. The fraction of sp³-hybridized carbons (Fsp3) is 0.0800. The molecule has 4 aromatic rings. The largest absolute Gasteiger partial charge is 0.478 e. The van der Waals surface area contributed by atoms with E-state index >= 15 is 0 Å². The lowest BCUT2D eigenvalue weighted by Crippen LogP contribution is -2.19. The predicted octanol–water partition coefficient (Wildman–Crippen LogP) is 4.12. The monoisotopic (exact) mass is 469 g/mol. The minimum atomic E-state index is -1.18. The molecule has 1 aliphatic carbocycles. The number of carbonyl (C=O) groups excluding carboxylic acids is 2. The highest BCUT2D eigenvalue weighted by Gasteiger charge is 2.29. The molecule has 0 aliphatic heterocycles. The van der Waals surface area contributed by atoms with Crippen LogP contribution < -0.4 is 10.6 Å². The molecule has 0 fully saturated rings. The molecule has 4 N–H and O–H groups in total. The molecule has 0 atom stereocenters. The van der Waals surface area contributed by atoms with Crippen LogP contribution in [-0.4, -0.2) is 44.9 Å². The van der Waals surface area contributed by atoms with Crippen LogP contribution in [-0.2, 0) is 4.74 Å². The molecule has 1 heterocycles. The van der Waals surface area contributed by atoms with Gasteiger partial charge < -0.3 is 15.2 Å². The highest BCUT2D eigenvalue weighted by atomic mass is 16.5. The van der Waals surface area contributed by atoms with Crippen molar-refractivity contribution in [3.05, 3.63) is 95.3 Å². The molecule has 2 amide bonds. The first-order valence-electron chi connectivity index (χ1n) is 10.7. The lowest BCUT2D eigenvalue weighted by molar-refractivity contribution is 0.0698. The van der Waals surface area contributed by atoms with Crippen LogP contribution in [0.4, 0.5) is 16.4 Å². The fourth-order valence-corrected chi connectivity index (χ4v) is 4.11. The summed E-state index contributed by atoms with van der Waals surface area (Å²) in [6.07, 6.45) is -0.769. The highest BCUT2D eigenvalue weighted by molar-refractivity contribution is 6.06. The Balaban J connectivity index is 1.22. The summed E-state index contributed by atoms with van der Waals surface area (Å²) < 4.78 is 5.44. The second-order valence-electron chi connectivity index (χ2n) is 7.76. The first kappa shape index (κ1) is 21.8. The van der Waals surface area contributed by atoms with Crippen molar-refractivity contribution >= 4 is 29.6 Å². The molecule has 0 saturated heterocycles. The molecule has 10 nitrogen and oxygen atoms in total. The first-order chi connectivity index (χ1) is 17.0. The van der Waals surface area contributed by atoms with Crippen molar-refractivity contribution in [2.24, 2.45) is 0 Å². The van der Waals surface area contributed by atoms with Gasteiger partial charge in [0.2, 0.25) is 5.82 Å². The minimum Gasteiger partial charge on any atom is -0.478 e. The molecular formula is C25H19N5O5. The third kappa shape index (κ3) is 4.32. The van der Waals surface area contributed by atoms with E-state index in [2.05, 4.69) is 25.8 Å². The number of aromatic amines is 1. The van der Waals surface area contributed by atoms with E-state index in [1.54, 1.807) is 12.1 Å². The van der Waals surface area contributed by atoms with Crippen LogP contribution in [0, 0.1) is 0 Å². The van der Waals surface area contributed by atoms with E-state index in [0.717, 1.165) is 22.3 Å². The molecule has 0 unspecified atom stereocenters. The molecule has 35 heavy (non-hydrogen) atoms. The lowest BCUT2D eigenvalue weighted by atomic mass is 9.98. The number of amides is 2. The number of para-hydroxylation sites is 1. The second-order valence-corrected chi connectivity index (χ2v) is 7.76. The Morgan fingerprint density at radius 1 is 0.886 bits per heavy atom. The summed E-state index contributed by atoms with van der Waals surface area (Å²) in [6.45, 7) is 0.115. The van der Waals surface area contributed by atoms with Crippen LogP contribution in [0.5, 0.6) is 0 Å². The van der Waals surface area contributed by atoms with Gasteiger partial charge in [0.1, 0.15) is 6.61 Å². The number of ether oxygens (including phenoxy) is 1. The van der Waals surface area contributed by atoms with Crippen molar-refractivity contribution in [3.8, 4) is 11.1 Å². The van der Waals surface area contributed by atoms with E-state index in [0.29, 0.717) is 0 Å². The average molecular weight is 469 g/mol. The van der Waals surface area contributed by atoms with Crippen LogP contribution in [0.1, 0.15) is 38.0 Å². The Labute approximate surface area is 199 Å². The number of hydrogen-bond acceptors (Lipinski definition) is 6. The molecule has 10 heteroatoms. The number of aromatic carboxylic acids is 1. The standard InChI is InChI=1S/C25H19N5O5/c31-22(26-20-12-6-5-11-18(20)23(32)33)21-27-24(30-29-21)28-25(34)35-13-19-16-9-3-1-7-14(16)15-8-2-4-10-17(15)19/h1-12,19H,13H2,(H,26,31)(H,32,33)(H2,27,28,29,30,34). The van der Waals surface area contributed by atoms with Gasteiger partial charge in [-0.05, 0) is 34.4 Å². The summed E-state index contributed by atoms with van der Waals surface area (Å²) in [5, 5.41) is 20.3. The van der Waals surface area contributed by atoms with Gasteiger partial charge in [0.25, 0.3) is 11.9 Å². The van der Waals surface area contributed by atoms with Crippen molar-refractivity contribution in [1.29, 1.82) is 0 Å². The van der Waals surface area contributed by atoms with E-state index in [1.165, 1.54) is 12.1 Å². The summed E-state index contributed by atoms with van der Waals surface area (Å²) in [7, 11) is 0. The van der Waals surface area contributed by atoms with Crippen LogP contribution in [0.15, 0.2) is 72.8 Å². The van der Waals surface area contributed by atoms with Crippen molar-refractivity contribution in [2.45, 2.75) is 5.92 Å². The molecule has 0 radical (unpaired) electrons. The van der Waals surface area contributed by atoms with Crippen LogP contribution in [0.3, 0.4) is 0 Å². The molecule has 1 aromatic heterocycles. The smallest absolute Gasteiger partial charge is 0.414 e. The Kier molecular flexibility index (Phi) is 5.68. The SMILES string of the molecule is O=C(Nc1n[nH]c(C(=O)Nc2ccccc2C(=O)O)n1)OCC1c2ccccc2-c2ccccc21. The summed E-state index contributed by atoms with van der Waals surface area (Å²) in [5.74, 6) is -2.36. The van der Waals surface area contributed by atoms with Gasteiger partial charge in [-0.3, -0.25) is 15.2 Å². The van der Waals surface area contributed by atoms with E-state index in [9.17, 15) is 19.5 Å². The zero-order valence-corrected chi connectivity index (χ0v) is 18.2. The number of carboxylic acid groups (broad SMARTS) is 1. The average Bonchev–Trinajstić information content (AvgIpc) is 3.46. The quantitative estimate of drug-likeness (QED) is 0.332. The minimum absolute atomic E-state index is 0.0719. The van der Waals surface area contributed by atoms with E-state index in [1.807, 2.05) is 48.5 Å². The number of nitrogens with one attached hydrogen (secondary N) is 3. The molecule has 1 aliphatic rings. The summed E-state index contributed by atoms with van der Waals surface area (Å²) in [6, 6.07) is 21.9. The van der Waals surface area contributed by atoms with E-state index < -0.39 is 18.0 Å². The Bertz CT molecular complexity index is 1400. The van der Waals surface area contributed by atoms with Crippen molar-refractivity contribution < 1.29 is 24.2 Å². The molecule has 3 aromatic carbocycles. The number of hydrogen-bond donors (Lipinski definition) is 4. The lowest BCUT2D eigenvalue weighted by Gasteiger charge is -2.13. The van der Waals surface area contributed by atoms with Crippen molar-refractivity contribution in [3.63, 3.8) is 0 Å². The molecule has 0 spiro atoms. The summed E-state index contributed by atoms with van der Waals surface area (Å²) in [5.41, 5.74) is 4.43. The molecule has 5 rings (SSSR count). The number of anilines is 2. The van der Waals surface area contributed by atoms with Crippen LogP contribution in [0.2, 0.25) is 0 Å². The van der Waals surface area contributed by atoms with Gasteiger partial charge in [-0.15, -0.1) is 5.10 Å². The van der Waals surface area contributed by atoms with Crippen molar-refractivity contribution in [1.82, 2.24) is 15.2 Å². The zero-order chi connectivity index (χ0) is 24.4. The van der Waals surface area contributed by atoms with Gasteiger partial charge in [-0.1, -0.05) is 60.7 Å². The molecule has 174 valence electrons. The zero-order valence-electron chi connectivity index (χ0n) is 18.2. The maximum absolute atomic E-state index is 12.4. The third-order valence-corrected chi connectivity index (χ3v) is 5.66.